The number of alkyl halides is 1. The first-order chi connectivity index (χ1) is 6.26. The first-order valence-electron chi connectivity index (χ1n) is 4.54. The molecule has 0 bridgehead atoms. The van der Waals surface area contributed by atoms with Gasteiger partial charge in [0.2, 0.25) is 0 Å². The Kier molecular flexibility index (Phi) is 4.25. The van der Waals surface area contributed by atoms with Crippen LogP contribution < -0.4 is 5.32 Å². The molecule has 1 N–H and O–H groups in total. The minimum atomic E-state index is 0.392. The molecule has 1 unspecified atom stereocenters. The first kappa shape index (κ1) is 10.5. The van der Waals surface area contributed by atoms with Gasteiger partial charge in [0.1, 0.15) is 0 Å². The van der Waals surface area contributed by atoms with E-state index in [4.69, 9.17) is 11.6 Å². The van der Waals surface area contributed by atoms with Crippen molar-refractivity contribution in [2.75, 3.05) is 5.88 Å². The molecule has 0 fully saturated rings. The van der Waals surface area contributed by atoms with Crippen LogP contribution in [0.2, 0.25) is 0 Å². The van der Waals surface area contributed by atoms with Crippen molar-refractivity contribution in [2.24, 2.45) is 7.05 Å². The molecule has 0 aromatic carbocycles. The average molecular weight is 202 g/mol. The summed E-state index contributed by atoms with van der Waals surface area (Å²) in [7, 11) is 1.92. The van der Waals surface area contributed by atoms with Gasteiger partial charge in [-0.3, -0.25) is 4.68 Å². The topological polar surface area (TPSA) is 29.9 Å². The van der Waals surface area contributed by atoms with Crippen molar-refractivity contribution in [3.05, 3.63) is 18.0 Å². The summed E-state index contributed by atoms with van der Waals surface area (Å²) in [6.07, 6.45) is 3.00. The Morgan fingerprint density at radius 1 is 1.69 bits per heavy atom. The van der Waals surface area contributed by atoms with Crippen molar-refractivity contribution in [1.29, 1.82) is 0 Å². The van der Waals surface area contributed by atoms with E-state index >= 15 is 0 Å². The minimum absolute atomic E-state index is 0.392. The van der Waals surface area contributed by atoms with Gasteiger partial charge in [-0.25, -0.2) is 0 Å². The summed E-state index contributed by atoms with van der Waals surface area (Å²) in [6, 6.07) is 2.40. The Labute approximate surface area is 84.1 Å². The van der Waals surface area contributed by atoms with Crippen LogP contribution in [0.4, 0.5) is 0 Å². The van der Waals surface area contributed by atoms with E-state index in [1.807, 2.05) is 19.3 Å². The van der Waals surface area contributed by atoms with Crippen LogP contribution in [0.1, 0.15) is 19.0 Å². The van der Waals surface area contributed by atoms with E-state index in [-0.39, 0.29) is 0 Å². The van der Waals surface area contributed by atoms with Crippen molar-refractivity contribution in [1.82, 2.24) is 15.1 Å². The molecule has 0 aliphatic carbocycles. The van der Waals surface area contributed by atoms with Crippen LogP contribution in [0.25, 0.3) is 0 Å². The molecule has 1 aromatic heterocycles. The molecular formula is C9H16ClN3. The summed E-state index contributed by atoms with van der Waals surface area (Å²) >= 11 is 5.75. The lowest BCUT2D eigenvalue weighted by atomic mass is 10.2. The van der Waals surface area contributed by atoms with E-state index in [2.05, 4.69) is 17.3 Å². The Bertz CT molecular complexity index is 243. The third-order valence-corrected chi connectivity index (χ3v) is 2.39. The fraction of sp³-hybridized carbons (Fsp3) is 0.667. The molecule has 0 spiro atoms. The van der Waals surface area contributed by atoms with Crippen LogP contribution in [0.15, 0.2) is 12.3 Å². The van der Waals surface area contributed by atoms with Crippen molar-refractivity contribution in [3.8, 4) is 0 Å². The number of halogens is 1. The van der Waals surface area contributed by atoms with Crippen molar-refractivity contribution in [3.63, 3.8) is 0 Å². The quantitative estimate of drug-likeness (QED) is 0.733. The summed E-state index contributed by atoms with van der Waals surface area (Å²) in [5, 5.41) is 7.60. The second-order valence-electron chi connectivity index (χ2n) is 3.12. The second kappa shape index (κ2) is 5.25. The van der Waals surface area contributed by atoms with E-state index < -0.39 is 0 Å². The van der Waals surface area contributed by atoms with Gasteiger partial charge in [0, 0.05) is 31.7 Å². The molecule has 0 aliphatic heterocycles. The highest BCUT2D eigenvalue weighted by molar-refractivity contribution is 6.18. The zero-order valence-corrected chi connectivity index (χ0v) is 8.88. The van der Waals surface area contributed by atoms with E-state index in [0.717, 1.165) is 18.7 Å². The molecular weight excluding hydrogens is 186 g/mol. The van der Waals surface area contributed by atoms with Gasteiger partial charge in [-0.1, -0.05) is 6.92 Å². The number of aromatic nitrogens is 2. The van der Waals surface area contributed by atoms with Gasteiger partial charge in [-0.15, -0.1) is 11.6 Å². The Morgan fingerprint density at radius 2 is 2.46 bits per heavy atom. The Morgan fingerprint density at radius 3 is 2.92 bits per heavy atom. The normalized spacial score (nSPS) is 13.2. The molecule has 0 amide bonds. The summed E-state index contributed by atoms with van der Waals surface area (Å²) in [6.45, 7) is 2.92. The van der Waals surface area contributed by atoms with Crippen LogP contribution in [0.5, 0.6) is 0 Å². The van der Waals surface area contributed by atoms with E-state index in [0.29, 0.717) is 11.9 Å². The number of nitrogens with zero attached hydrogens (tertiary/aromatic N) is 2. The lowest BCUT2D eigenvalue weighted by Crippen LogP contribution is -2.29. The number of nitrogens with one attached hydrogen (secondary N) is 1. The SMILES string of the molecule is CCC(CCl)NCc1ccn(C)n1. The van der Waals surface area contributed by atoms with Crippen LogP contribution in [-0.4, -0.2) is 21.7 Å². The smallest absolute Gasteiger partial charge is 0.0762 e. The lowest BCUT2D eigenvalue weighted by Gasteiger charge is -2.11. The Balaban J connectivity index is 2.33. The van der Waals surface area contributed by atoms with Gasteiger partial charge in [0.15, 0.2) is 0 Å². The maximum atomic E-state index is 5.75. The predicted octanol–water partition coefficient (Wildman–Crippen LogP) is 1.53. The highest BCUT2D eigenvalue weighted by Gasteiger charge is 2.04. The summed E-state index contributed by atoms with van der Waals surface area (Å²) in [5.41, 5.74) is 1.06. The molecule has 3 nitrogen and oxygen atoms in total. The maximum Gasteiger partial charge on any atom is 0.0762 e. The number of hydrogen-bond acceptors (Lipinski definition) is 2. The van der Waals surface area contributed by atoms with Gasteiger partial charge < -0.3 is 5.32 Å². The van der Waals surface area contributed by atoms with Crippen molar-refractivity contribution < 1.29 is 0 Å². The highest BCUT2D eigenvalue weighted by atomic mass is 35.5. The van der Waals surface area contributed by atoms with Crippen LogP contribution in [0.3, 0.4) is 0 Å². The van der Waals surface area contributed by atoms with Crippen LogP contribution in [-0.2, 0) is 13.6 Å². The summed E-state index contributed by atoms with van der Waals surface area (Å²) in [5.74, 6) is 0.656. The molecule has 4 heteroatoms. The summed E-state index contributed by atoms with van der Waals surface area (Å²) < 4.78 is 1.80. The highest BCUT2D eigenvalue weighted by Crippen LogP contribution is 1.98. The minimum Gasteiger partial charge on any atom is -0.307 e. The van der Waals surface area contributed by atoms with Gasteiger partial charge in [-0.2, -0.15) is 5.10 Å². The maximum absolute atomic E-state index is 5.75. The third kappa shape index (κ3) is 3.36. The van der Waals surface area contributed by atoms with Gasteiger partial charge in [0.25, 0.3) is 0 Å². The molecule has 13 heavy (non-hydrogen) atoms. The molecule has 0 saturated carbocycles. The van der Waals surface area contributed by atoms with Gasteiger partial charge in [-0.05, 0) is 12.5 Å². The molecule has 1 atom stereocenters. The molecule has 74 valence electrons. The zero-order valence-electron chi connectivity index (χ0n) is 8.13. The van der Waals surface area contributed by atoms with E-state index in [1.54, 1.807) is 4.68 Å². The standard InChI is InChI=1S/C9H16ClN3/c1-3-8(6-10)11-7-9-4-5-13(2)12-9/h4-5,8,11H,3,6-7H2,1-2H3. The second-order valence-corrected chi connectivity index (χ2v) is 3.43. The largest absolute Gasteiger partial charge is 0.307 e. The van der Waals surface area contributed by atoms with E-state index in [9.17, 15) is 0 Å². The molecule has 1 rings (SSSR count). The number of aryl methyl sites for hydroxylation is 1. The Hall–Kier alpha value is -0.540. The molecule has 0 radical (unpaired) electrons. The fourth-order valence-corrected chi connectivity index (χ4v) is 1.44. The molecule has 1 heterocycles. The fourth-order valence-electron chi connectivity index (χ4n) is 1.11. The van der Waals surface area contributed by atoms with Crippen molar-refractivity contribution >= 4 is 11.6 Å². The van der Waals surface area contributed by atoms with Crippen LogP contribution in [0, 0.1) is 0 Å². The van der Waals surface area contributed by atoms with E-state index in [1.165, 1.54) is 0 Å². The van der Waals surface area contributed by atoms with Crippen LogP contribution >= 0.6 is 11.6 Å². The van der Waals surface area contributed by atoms with Crippen molar-refractivity contribution in [2.45, 2.75) is 25.9 Å². The first-order valence-corrected chi connectivity index (χ1v) is 5.07. The average Bonchev–Trinajstić information content (AvgIpc) is 2.53. The molecule has 1 aromatic rings. The number of hydrogen-bond donors (Lipinski definition) is 1. The lowest BCUT2D eigenvalue weighted by molar-refractivity contribution is 0.530. The number of rotatable bonds is 5. The van der Waals surface area contributed by atoms with Gasteiger partial charge in [0.05, 0.1) is 5.69 Å². The monoisotopic (exact) mass is 201 g/mol. The summed E-state index contributed by atoms with van der Waals surface area (Å²) in [4.78, 5) is 0. The third-order valence-electron chi connectivity index (χ3n) is 2.02. The van der Waals surface area contributed by atoms with Gasteiger partial charge >= 0.3 is 0 Å². The molecule has 0 saturated heterocycles. The molecule has 0 aliphatic rings. The zero-order chi connectivity index (χ0) is 9.68. The predicted molar refractivity (Wildman–Crippen MR) is 54.8 cm³/mol.